The molecule has 1 aromatic heterocycles. The van der Waals surface area contributed by atoms with Gasteiger partial charge in [-0.2, -0.15) is 0 Å². The van der Waals surface area contributed by atoms with Crippen LogP contribution in [0, 0.1) is 0 Å². The molecular formula is C10H16N2O2. The zero-order chi connectivity index (χ0) is 10.6. The SMILES string of the molecule is CC(C)(CN)NC(=O)Cc1ccco1. The third kappa shape index (κ3) is 3.22. The summed E-state index contributed by atoms with van der Waals surface area (Å²) in [5.74, 6) is 0.589. The van der Waals surface area contributed by atoms with Gasteiger partial charge >= 0.3 is 0 Å². The first kappa shape index (κ1) is 10.8. The molecule has 0 aromatic carbocycles. The molecule has 1 amide bonds. The summed E-state index contributed by atoms with van der Waals surface area (Å²) in [6.07, 6.45) is 1.81. The summed E-state index contributed by atoms with van der Waals surface area (Å²) in [5.41, 5.74) is 5.13. The lowest BCUT2D eigenvalue weighted by Crippen LogP contribution is -2.49. The van der Waals surface area contributed by atoms with Gasteiger partial charge in [0.15, 0.2) is 0 Å². The number of amides is 1. The zero-order valence-electron chi connectivity index (χ0n) is 8.54. The molecule has 14 heavy (non-hydrogen) atoms. The molecular weight excluding hydrogens is 180 g/mol. The summed E-state index contributed by atoms with van der Waals surface area (Å²) < 4.78 is 5.06. The maximum atomic E-state index is 11.5. The molecule has 1 aromatic rings. The summed E-state index contributed by atoms with van der Waals surface area (Å²) in [6, 6.07) is 3.53. The maximum absolute atomic E-state index is 11.5. The normalized spacial score (nSPS) is 11.4. The molecule has 1 heterocycles. The van der Waals surface area contributed by atoms with Crippen LogP contribution < -0.4 is 11.1 Å². The number of nitrogens with one attached hydrogen (secondary N) is 1. The molecule has 0 unspecified atom stereocenters. The van der Waals surface area contributed by atoms with Crippen molar-refractivity contribution in [1.82, 2.24) is 5.32 Å². The minimum absolute atomic E-state index is 0.0737. The Morgan fingerprint density at radius 1 is 1.64 bits per heavy atom. The zero-order valence-corrected chi connectivity index (χ0v) is 8.54. The third-order valence-electron chi connectivity index (χ3n) is 1.90. The Bertz CT molecular complexity index is 291. The van der Waals surface area contributed by atoms with E-state index in [-0.39, 0.29) is 17.9 Å². The highest BCUT2D eigenvalue weighted by Crippen LogP contribution is 2.03. The predicted octanol–water partition coefficient (Wildman–Crippen LogP) is 0.676. The first-order valence-electron chi connectivity index (χ1n) is 4.57. The lowest BCUT2D eigenvalue weighted by Gasteiger charge is -2.23. The van der Waals surface area contributed by atoms with Crippen molar-refractivity contribution in [3.8, 4) is 0 Å². The van der Waals surface area contributed by atoms with Crippen molar-refractivity contribution >= 4 is 5.91 Å². The molecule has 0 fully saturated rings. The molecule has 0 aliphatic rings. The largest absolute Gasteiger partial charge is 0.469 e. The van der Waals surface area contributed by atoms with Crippen molar-refractivity contribution in [3.05, 3.63) is 24.2 Å². The van der Waals surface area contributed by atoms with Crippen LogP contribution in [0.4, 0.5) is 0 Å². The molecule has 0 radical (unpaired) electrons. The van der Waals surface area contributed by atoms with E-state index in [0.29, 0.717) is 12.3 Å². The summed E-state index contributed by atoms with van der Waals surface area (Å²) in [6.45, 7) is 4.18. The highest BCUT2D eigenvalue weighted by molar-refractivity contribution is 5.78. The summed E-state index contributed by atoms with van der Waals surface area (Å²) in [5, 5.41) is 2.82. The second-order valence-electron chi connectivity index (χ2n) is 3.89. The number of rotatable bonds is 4. The lowest BCUT2D eigenvalue weighted by molar-refractivity contribution is -0.122. The molecule has 0 spiro atoms. The van der Waals surface area contributed by atoms with E-state index in [1.165, 1.54) is 0 Å². The molecule has 4 nitrogen and oxygen atoms in total. The Labute approximate surface area is 83.5 Å². The fourth-order valence-corrected chi connectivity index (χ4v) is 1.04. The van der Waals surface area contributed by atoms with Gasteiger partial charge in [0.2, 0.25) is 5.91 Å². The predicted molar refractivity (Wildman–Crippen MR) is 53.7 cm³/mol. The quantitative estimate of drug-likeness (QED) is 0.744. The van der Waals surface area contributed by atoms with Gasteiger partial charge in [-0.3, -0.25) is 4.79 Å². The van der Waals surface area contributed by atoms with Crippen LogP contribution in [-0.2, 0) is 11.2 Å². The Balaban J connectivity index is 2.44. The fraction of sp³-hybridized carbons (Fsp3) is 0.500. The van der Waals surface area contributed by atoms with Gasteiger partial charge in [-0.05, 0) is 26.0 Å². The molecule has 0 bridgehead atoms. The van der Waals surface area contributed by atoms with Gasteiger partial charge < -0.3 is 15.5 Å². The van der Waals surface area contributed by atoms with Gasteiger partial charge in [0, 0.05) is 12.1 Å². The number of hydrogen-bond donors (Lipinski definition) is 2. The van der Waals surface area contributed by atoms with E-state index in [1.807, 2.05) is 13.8 Å². The Morgan fingerprint density at radius 2 is 2.36 bits per heavy atom. The van der Waals surface area contributed by atoms with Crippen LogP contribution in [0.2, 0.25) is 0 Å². The van der Waals surface area contributed by atoms with Gasteiger partial charge in [-0.1, -0.05) is 0 Å². The molecule has 0 aliphatic carbocycles. The average Bonchev–Trinajstić information content (AvgIpc) is 2.55. The summed E-state index contributed by atoms with van der Waals surface area (Å²) in [4.78, 5) is 11.5. The Kier molecular flexibility index (Phi) is 3.30. The van der Waals surface area contributed by atoms with Crippen LogP contribution >= 0.6 is 0 Å². The van der Waals surface area contributed by atoms with E-state index in [9.17, 15) is 4.79 Å². The van der Waals surface area contributed by atoms with Crippen LogP contribution in [-0.4, -0.2) is 18.0 Å². The van der Waals surface area contributed by atoms with E-state index in [2.05, 4.69) is 5.32 Å². The van der Waals surface area contributed by atoms with Crippen LogP contribution in [0.15, 0.2) is 22.8 Å². The van der Waals surface area contributed by atoms with Crippen LogP contribution in [0.5, 0.6) is 0 Å². The van der Waals surface area contributed by atoms with Crippen LogP contribution in [0.1, 0.15) is 19.6 Å². The van der Waals surface area contributed by atoms with Crippen LogP contribution in [0.25, 0.3) is 0 Å². The van der Waals surface area contributed by atoms with Crippen molar-refractivity contribution in [2.24, 2.45) is 5.73 Å². The first-order valence-corrected chi connectivity index (χ1v) is 4.57. The molecule has 0 saturated carbocycles. The highest BCUT2D eigenvalue weighted by atomic mass is 16.3. The Hall–Kier alpha value is -1.29. The third-order valence-corrected chi connectivity index (χ3v) is 1.90. The lowest BCUT2D eigenvalue weighted by atomic mass is 10.1. The van der Waals surface area contributed by atoms with E-state index in [4.69, 9.17) is 10.2 Å². The Morgan fingerprint density at radius 3 is 2.86 bits per heavy atom. The number of nitrogens with two attached hydrogens (primary N) is 1. The number of furan rings is 1. The summed E-state index contributed by atoms with van der Waals surface area (Å²) in [7, 11) is 0. The minimum Gasteiger partial charge on any atom is -0.469 e. The minimum atomic E-state index is -0.357. The second-order valence-corrected chi connectivity index (χ2v) is 3.89. The van der Waals surface area contributed by atoms with Crippen molar-refractivity contribution in [2.75, 3.05) is 6.54 Å². The fourth-order valence-electron chi connectivity index (χ4n) is 1.04. The smallest absolute Gasteiger partial charge is 0.228 e. The van der Waals surface area contributed by atoms with E-state index in [1.54, 1.807) is 18.4 Å². The molecule has 4 heteroatoms. The van der Waals surface area contributed by atoms with E-state index in [0.717, 1.165) is 0 Å². The standard InChI is InChI=1S/C10H16N2O2/c1-10(2,7-11)12-9(13)6-8-4-3-5-14-8/h3-5H,6-7,11H2,1-2H3,(H,12,13). The number of carbonyl (C=O) groups excluding carboxylic acids is 1. The van der Waals surface area contributed by atoms with Crippen molar-refractivity contribution in [3.63, 3.8) is 0 Å². The summed E-state index contributed by atoms with van der Waals surface area (Å²) >= 11 is 0. The van der Waals surface area contributed by atoms with Crippen LogP contribution in [0.3, 0.4) is 0 Å². The molecule has 1 rings (SSSR count). The maximum Gasteiger partial charge on any atom is 0.228 e. The van der Waals surface area contributed by atoms with Crippen molar-refractivity contribution in [1.29, 1.82) is 0 Å². The topological polar surface area (TPSA) is 68.3 Å². The highest BCUT2D eigenvalue weighted by Gasteiger charge is 2.18. The number of carbonyl (C=O) groups is 1. The molecule has 3 N–H and O–H groups in total. The van der Waals surface area contributed by atoms with E-state index < -0.39 is 0 Å². The molecule has 0 saturated heterocycles. The van der Waals surface area contributed by atoms with Gasteiger partial charge in [-0.15, -0.1) is 0 Å². The molecule has 0 atom stereocenters. The van der Waals surface area contributed by atoms with Crippen molar-refractivity contribution < 1.29 is 9.21 Å². The van der Waals surface area contributed by atoms with Gasteiger partial charge in [0.25, 0.3) is 0 Å². The van der Waals surface area contributed by atoms with Crippen molar-refractivity contribution in [2.45, 2.75) is 25.8 Å². The second kappa shape index (κ2) is 4.28. The van der Waals surface area contributed by atoms with E-state index >= 15 is 0 Å². The van der Waals surface area contributed by atoms with Gasteiger partial charge in [0.1, 0.15) is 5.76 Å². The van der Waals surface area contributed by atoms with Gasteiger partial charge in [-0.25, -0.2) is 0 Å². The first-order chi connectivity index (χ1) is 6.53. The number of hydrogen-bond acceptors (Lipinski definition) is 3. The molecule has 78 valence electrons. The monoisotopic (exact) mass is 196 g/mol. The molecule has 0 aliphatic heterocycles. The van der Waals surface area contributed by atoms with Gasteiger partial charge in [0.05, 0.1) is 12.7 Å². The average molecular weight is 196 g/mol.